The van der Waals surface area contributed by atoms with Gasteiger partial charge in [-0.3, -0.25) is 9.99 Å². The topological polar surface area (TPSA) is 56.3 Å². The zero-order chi connectivity index (χ0) is 19.1. The van der Waals surface area contributed by atoms with Gasteiger partial charge >= 0.3 is 0 Å². The molecule has 1 aliphatic rings. The van der Waals surface area contributed by atoms with Crippen LogP contribution in [0.2, 0.25) is 0 Å². The Bertz CT molecular complexity index is 1240. The summed E-state index contributed by atoms with van der Waals surface area (Å²) >= 11 is 0. The first-order valence-electron chi connectivity index (χ1n) is 9.15. The van der Waals surface area contributed by atoms with Gasteiger partial charge in [-0.2, -0.15) is 5.26 Å². The molecule has 0 aliphatic carbocycles. The predicted molar refractivity (Wildman–Crippen MR) is 109 cm³/mol. The lowest BCUT2D eigenvalue weighted by Crippen LogP contribution is -2.48. The molecule has 1 aliphatic heterocycles. The van der Waals surface area contributed by atoms with Crippen molar-refractivity contribution in [2.45, 2.75) is 12.0 Å². The molecular weight excluding hydrogens is 348 g/mol. The third-order valence-electron chi connectivity index (χ3n) is 5.40. The summed E-state index contributed by atoms with van der Waals surface area (Å²) in [5, 5.41) is 17.2. The van der Waals surface area contributed by atoms with E-state index in [2.05, 4.69) is 41.4 Å². The molecule has 4 aromatic rings. The number of nitriles is 1. The number of aromatic nitrogens is 1. The Morgan fingerprint density at radius 1 is 1.04 bits per heavy atom. The van der Waals surface area contributed by atoms with Crippen LogP contribution in [-0.4, -0.2) is 23.1 Å². The SMILES string of the molecule is CN1C(C#N)C(c2ccc3ccoc3c2)C=CN1c1ccc2ccncc2c1. The van der Waals surface area contributed by atoms with Crippen molar-refractivity contribution in [2.24, 2.45) is 0 Å². The van der Waals surface area contributed by atoms with E-state index < -0.39 is 0 Å². The number of rotatable bonds is 2. The van der Waals surface area contributed by atoms with Gasteiger partial charge in [0.25, 0.3) is 0 Å². The fraction of sp³-hybridized carbons (Fsp3) is 0.130. The minimum Gasteiger partial charge on any atom is -0.464 e. The molecule has 2 atom stereocenters. The van der Waals surface area contributed by atoms with Crippen LogP contribution >= 0.6 is 0 Å². The van der Waals surface area contributed by atoms with Crippen molar-refractivity contribution in [1.82, 2.24) is 9.99 Å². The molecule has 0 saturated carbocycles. The quantitative estimate of drug-likeness (QED) is 0.508. The number of benzene rings is 2. The average molecular weight is 366 g/mol. The monoisotopic (exact) mass is 366 g/mol. The highest BCUT2D eigenvalue weighted by molar-refractivity contribution is 5.85. The van der Waals surface area contributed by atoms with Crippen molar-refractivity contribution in [3.63, 3.8) is 0 Å². The van der Waals surface area contributed by atoms with Crippen LogP contribution in [0.25, 0.3) is 21.7 Å². The number of hydrazine groups is 1. The number of nitrogens with zero attached hydrogens (tertiary/aromatic N) is 4. The summed E-state index contributed by atoms with van der Waals surface area (Å²) in [7, 11) is 1.95. The fourth-order valence-corrected chi connectivity index (χ4v) is 3.87. The van der Waals surface area contributed by atoms with Gasteiger partial charge in [0.2, 0.25) is 0 Å². The Morgan fingerprint density at radius 2 is 1.93 bits per heavy atom. The van der Waals surface area contributed by atoms with E-state index >= 15 is 0 Å². The molecular formula is C23H18N4O. The molecule has 5 nitrogen and oxygen atoms in total. The van der Waals surface area contributed by atoms with Gasteiger partial charge in [0.1, 0.15) is 11.6 Å². The van der Waals surface area contributed by atoms with E-state index in [0.717, 1.165) is 33.0 Å². The molecule has 0 saturated heterocycles. The first kappa shape index (κ1) is 16.5. The molecule has 2 aromatic carbocycles. The van der Waals surface area contributed by atoms with Crippen molar-refractivity contribution in [3.05, 3.63) is 85.0 Å². The molecule has 2 aromatic heterocycles. The lowest BCUT2D eigenvalue weighted by molar-refractivity contribution is 0.258. The maximum absolute atomic E-state index is 9.92. The van der Waals surface area contributed by atoms with Gasteiger partial charge in [0, 0.05) is 42.3 Å². The molecule has 0 fully saturated rings. The number of likely N-dealkylation sites (N-methyl/N-ethyl adjacent to an activating group) is 1. The minimum absolute atomic E-state index is 0.0390. The Labute approximate surface area is 162 Å². The molecule has 136 valence electrons. The highest BCUT2D eigenvalue weighted by Crippen LogP contribution is 2.34. The van der Waals surface area contributed by atoms with Crippen molar-refractivity contribution in [3.8, 4) is 6.07 Å². The van der Waals surface area contributed by atoms with Gasteiger partial charge in [0.15, 0.2) is 0 Å². The summed E-state index contributed by atoms with van der Waals surface area (Å²) < 4.78 is 5.54. The van der Waals surface area contributed by atoms with Crippen LogP contribution in [-0.2, 0) is 0 Å². The normalized spacial score (nSPS) is 19.9. The second-order valence-corrected chi connectivity index (χ2v) is 6.98. The van der Waals surface area contributed by atoms with Gasteiger partial charge in [-0.1, -0.05) is 24.3 Å². The number of anilines is 1. The molecule has 5 rings (SSSR count). The summed E-state index contributed by atoms with van der Waals surface area (Å²) in [6.45, 7) is 0. The maximum Gasteiger partial charge on any atom is 0.134 e. The minimum atomic E-state index is -0.331. The largest absolute Gasteiger partial charge is 0.464 e. The molecule has 5 heteroatoms. The Morgan fingerprint density at radius 3 is 2.82 bits per heavy atom. The molecule has 0 spiro atoms. The zero-order valence-electron chi connectivity index (χ0n) is 15.4. The van der Waals surface area contributed by atoms with Crippen LogP contribution in [0.1, 0.15) is 11.5 Å². The molecule has 0 N–H and O–H groups in total. The molecule has 28 heavy (non-hydrogen) atoms. The molecule has 0 amide bonds. The summed E-state index contributed by atoms with van der Waals surface area (Å²) in [6, 6.07) is 18.4. The summed E-state index contributed by atoms with van der Waals surface area (Å²) in [6.07, 6.45) is 9.46. The number of hydrogen-bond donors (Lipinski definition) is 0. The Kier molecular flexibility index (Phi) is 3.85. The van der Waals surface area contributed by atoms with E-state index in [1.807, 2.05) is 53.7 Å². The zero-order valence-corrected chi connectivity index (χ0v) is 15.4. The highest BCUT2D eigenvalue weighted by atomic mass is 16.3. The van der Waals surface area contributed by atoms with E-state index in [4.69, 9.17) is 4.42 Å². The lowest BCUT2D eigenvalue weighted by Gasteiger charge is -2.40. The van der Waals surface area contributed by atoms with Crippen molar-refractivity contribution in [1.29, 1.82) is 5.26 Å². The van der Waals surface area contributed by atoms with E-state index in [1.54, 1.807) is 12.5 Å². The number of pyridine rings is 1. The summed E-state index contributed by atoms with van der Waals surface area (Å²) in [5.41, 5.74) is 2.91. The molecule has 0 bridgehead atoms. The third-order valence-corrected chi connectivity index (χ3v) is 5.40. The van der Waals surface area contributed by atoms with Gasteiger partial charge in [-0.25, -0.2) is 5.01 Å². The lowest BCUT2D eigenvalue weighted by atomic mass is 9.90. The van der Waals surface area contributed by atoms with E-state index in [1.165, 1.54) is 0 Å². The molecule has 0 radical (unpaired) electrons. The second kappa shape index (κ2) is 6.52. The van der Waals surface area contributed by atoms with Crippen LogP contribution in [0, 0.1) is 11.3 Å². The van der Waals surface area contributed by atoms with Crippen LogP contribution in [0.3, 0.4) is 0 Å². The summed E-state index contributed by atoms with van der Waals surface area (Å²) in [4.78, 5) is 4.21. The Balaban J connectivity index is 1.53. The first-order chi connectivity index (χ1) is 13.7. The van der Waals surface area contributed by atoms with Gasteiger partial charge in [-0.05, 0) is 41.3 Å². The number of furan rings is 1. The summed E-state index contributed by atoms with van der Waals surface area (Å²) in [5.74, 6) is -0.0390. The van der Waals surface area contributed by atoms with Crippen LogP contribution in [0.4, 0.5) is 5.69 Å². The van der Waals surface area contributed by atoms with Crippen molar-refractivity contribution >= 4 is 27.4 Å². The standard InChI is InChI=1S/C23H18N4O/c1-26-22(14-24)21(18-3-2-17-8-11-28-23(17)13-18)7-10-27(26)20-5-4-16-6-9-25-15-19(16)12-20/h2-13,15,21-22H,1H3. The van der Waals surface area contributed by atoms with Gasteiger partial charge in [0.05, 0.1) is 18.0 Å². The van der Waals surface area contributed by atoms with Crippen LogP contribution in [0.15, 0.2) is 83.9 Å². The van der Waals surface area contributed by atoms with Crippen molar-refractivity contribution < 1.29 is 4.42 Å². The number of fused-ring (bicyclic) bond motifs is 2. The van der Waals surface area contributed by atoms with E-state index in [9.17, 15) is 5.26 Å². The first-order valence-corrected chi connectivity index (χ1v) is 9.15. The smallest absolute Gasteiger partial charge is 0.134 e. The molecule has 2 unspecified atom stereocenters. The van der Waals surface area contributed by atoms with Crippen molar-refractivity contribution in [2.75, 3.05) is 12.1 Å². The number of hydrogen-bond acceptors (Lipinski definition) is 5. The Hall–Kier alpha value is -3.62. The van der Waals surface area contributed by atoms with Crippen LogP contribution in [0.5, 0.6) is 0 Å². The average Bonchev–Trinajstić information content (AvgIpc) is 3.21. The fourth-order valence-electron chi connectivity index (χ4n) is 3.87. The maximum atomic E-state index is 9.92. The predicted octanol–water partition coefficient (Wildman–Crippen LogP) is 4.84. The third kappa shape index (κ3) is 2.63. The van der Waals surface area contributed by atoms with E-state index in [0.29, 0.717) is 0 Å². The highest BCUT2D eigenvalue weighted by Gasteiger charge is 2.32. The van der Waals surface area contributed by atoms with Gasteiger partial charge < -0.3 is 4.42 Å². The van der Waals surface area contributed by atoms with Crippen LogP contribution < -0.4 is 5.01 Å². The van der Waals surface area contributed by atoms with Gasteiger partial charge in [-0.15, -0.1) is 0 Å². The van der Waals surface area contributed by atoms with E-state index in [-0.39, 0.29) is 12.0 Å². The second-order valence-electron chi connectivity index (χ2n) is 6.98. The molecule has 3 heterocycles.